The van der Waals surface area contributed by atoms with Gasteiger partial charge in [-0.25, -0.2) is 4.79 Å². The van der Waals surface area contributed by atoms with Crippen molar-refractivity contribution >= 4 is 6.09 Å². The maximum absolute atomic E-state index is 11.5. The van der Waals surface area contributed by atoms with Crippen molar-refractivity contribution in [3.8, 4) is 0 Å². The molecule has 2 atom stereocenters. The average molecular weight is 263 g/mol. The van der Waals surface area contributed by atoms with Gasteiger partial charge in [-0.2, -0.15) is 0 Å². The molecule has 1 aromatic carbocycles. The molecule has 0 heterocycles. The summed E-state index contributed by atoms with van der Waals surface area (Å²) in [6, 6.07) is 9.70. The van der Waals surface area contributed by atoms with Crippen LogP contribution in [0.15, 0.2) is 30.3 Å². The van der Waals surface area contributed by atoms with E-state index < -0.39 is 6.09 Å². The Balaban J connectivity index is 2.05. The predicted octanol–water partition coefficient (Wildman–Crippen LogP) is 2.72. The lowest BCUT2D eigenvalue weighted by atomic mass is 9.85. The Morgan fingerprint density at radius 3 is 2.63 bits per heavy atom. The van der Waals surface area contributed by atoms with Gasteiger partial charge in [0, 0.05) is 19.2 Å². The molecule has 104 valence electrons. The van der Waals surface area contributed by atoms with E-state index in [-0.39, 0.29) is 18.6 Å². The molecule has 1 aliphatic carbocycles. The molecular formula is C15H21NO3. The Morgan fingerprint density at radius 2 is 2.00 bits per heavy atom. The molecule has 0 aromatic heterocycles. The summed E-state index contributed by atoms with van der Waals surface area (Å²) >= 11 is 0. The van der Waals surface area contributed by atoms with E-state index in [1.807, 2.05) is 30.3 Å². The molecule has 1 fully saturated rings. The fourth-order valence-corrected chi connectivity index (χ4v) is 2.84. The first-order chi connectivity index (χ1) is 9.20. The van der Waals surface area contributed by atoms with E-state index in [1.165, 1.54) is 4.90 Å². The van der Waals surface area contributed by atoms with E-state index in [2.05, 4.69) is 0 Å². The smallest absolute Gasteiger partial charge is 0.407 e. The van der Waals surface area contributed by atoms with Gasteiger partial charge in [-0.3, -0.25) is 0 Å². The number of aliphatic hydroxyl groups is 1. The predicted molar refractivity (Wildman–Crippen MR) is 72.8 cm³/mol. The highest BCUT2D eigenvalue weighted by atomic mass is 16.4. The summed E-state index contributed by atoms with van der Waals surface area (Å²) in [5, 5.41) is 18.7. The molecule has 2 rings (SSSR count). The van der Waals surface area contributed by atoms with E-state index in [4.69, 9.17) is 0 Å². The van der Waals surface area contributed by atoms with Crippen LogP contribution < -0.4 is 0 Å². The molecule has 4 nitrogen and oxygen atoms in total. The largest absolute Gasteiger partial charge is 0.465 e. The van der Waals surface area contributed by atoms with Crippen LogP contribution in [-0.4, -0.2) is 33.9 Å². The molecule has 0 radical (unpaired) electrons. The summed E-state index contributed by atoms with van der Waals surface area (Å²) < 4.78 is 0. The molecule has 0 bridgehead atoms. The van der Waals surface area contributed by atoms with Crippen LogP contribution in [0.5, 0.6) is 0 Å². The summed E-state index contributed by atoms with van der Waals surface area (Å²) in [6.45, 7) is 0.592. The molecule has 1 amide bonds. The van der Waals surface area contributed by atoms with Crippen LogP contribution in [0.4, 0.5) is 4.79 Å². The van der Waals surface area contributed by atoms with Crippen LogP contribution >= 0.6 is 0 Å². The van der Waals surface area contributed by atoms with Crippen LogP contribution in [0.1, 0.15) is 31.2 Å². The summed E-state index contributed by atoms with van der Waals surface area (Å²) in [4.78, 5) is 13.0. The quantitative estimate of drug-likeness (QED) is 0.878. The molecule has 0 aliphatic heterocycles. The normalized spacial score (nSPS) is 23.0. The van der Waals surface area contributed by atoms with E-state index in [9.17, 15) is 15.0 Å². The molecule has 0 unspecified atom stereocenters. The fraction of sp³-hybridized carbons (Fsp3) is 0.533. The van der Waals surface area contributed by atoms with Crippen molar-refractivity contribution in [1.29, 1.82) is 0 Å². The highest BCUT2D eigenvalue weighted by molar-refractivity contribution is 5.65. The third kappa shape index (κ3) is 3.70. The minimum atomic E-state index is -0.868. The van der Waals surface area contributed by atoms with Gasteiger partial charge in [0.2, 0.25) is 0 Å². The van der Waals surface area contributed by atoms with Gasteiger partial charge < -0.3 is 15.1 Å². The molecule has 4 heteroatoms. The minimum absolute atomic E-state index is 0.0311. The Bertz CT molecular complexity index is 407. The van der Waals surface area contributed by atoms with Crippen LogP contribution in [0, 0.1) is 5.92 Å². The molecule has 2 N–H and O–H groups in total. The topological polar surface area (TPSA) is 60.8 Å². The number of hydrogen-bond donors (Lipinski definition) is 2. The lowest BCUT2D eigenvalue weighted by molar-refractivity contribution is 0.0825. The molecule has 1 aromatic rings. The number of carboxylic acid groups (broad SMARTS) is 1. The van der Waals surface area contributed by atoms with Gasteiger partial charge >= 0.3 is 6.09 Å². The number of aliphatic hydroxyl groups excluding tert-OH is 1. The van der Waals surface area contributed by atoms with Crippen molar-refractivity contribution < 1.29 is 15.0 Å². The average Bonchev–Trinajstić information content (AvgIpc) is 2.45. The molecule has 0 saturated heterocycles. The van der Waals surface area contributed by atoms with Crippen molar-refractivity contribution in [2.75, 3.05) is 6.61 Å². The van der Waals surface area contributed by atoms with E-state index >= 15 is 0 Å². The van der Waals surface area contributed by atoms with Crippen LogP contribution in [0.2, 0.25) is 0 Å². The zero-order valence-electron chi connectivity index (χ0n) is 11.0. The Kier molecular flexibility index (Phi) is 4.80. The second kappa shape index (κ2) is 6.57. The fourth-order valence-electron chi connectivity index (χ4n) is 2.84. The summed E-state index contributed by atoms with van der Waals surface area (Å²) in [5.74, 6) is 0.247. The summed E-state index contributed by atoms with van der Waals surface area (Å²) in [7, 11) is 0. The van der Waals surface area contributed by atoms with Gasteiger partial charge in [-0.1, -0.05) is 36.8 Å². The monoisotopic (exact) mass is 263 g/mol. The zero-order valence-corrected chi connectivity index (χ0v) is 11.0. The highest BCUT2D eigenvalue weighted by Crippen LogP contribution is 2.28. The first-order valence-corrected chi connectivity index (χ1v) is 6.85. The van der Waals surface area contributed by atoms with Gasteiger partial charge in [0.25, 0.3) is 0 Å². The lowest BCUT2D eigenvalue weighted by Gasteiger charge is -2.35. The first kappa shape index (κ1) is 13.9. The maximum Gasteiger partial charge on any atom is 0.407 e. The number of nitrogens with zero attached hydrogens (tertiary/aromatic N) is 1. The first-order valence-electron chi connectivity index (χ1n) is 6.85. The maximum atomic E-state index is 11.5. The number of rotatable bonds is 4. The van der Waals surface area contributed by atoms with E-state index in [0.29, 0.717) is 6.54 Å². The molecule has 0 spiro atoms. The van der Waals surface area contributed by atoms with Crippen molar-refractivity contribution in [3.05, 3.63) is 35.9 Å². The second-order valence-electron chi connectivity index (χ2n) is 5.27. The van der Waals surface area contributed by atoms with Gasteiger partial charge in [0.1, 0.15) is 0 Å². The third-order valence-corrected chi connectivity index (χ3v) is 3.90. The zero-order chi connectivity index (χ0) is 13.7. The highest BCUT2D eigenvalue weighted by Gasteiger charge is 2.29. The third-order valence-electron chi connectivity index (χ3n) is 3.90. The van der Waals surface area contributed by atoms with E-state index in [1.54, 1.807) is 0 Å². The van der Waals surface area contributed by atoms with Gasteiger partial charge in [-0.15, -0.1) is 0 Å². The Labute approximate surface area is 113 Å². The summed E-state index contributed by atoms with van der Waals surface area (Å²) in [5.41, 5.74) is 1.01. The SMILES string of the molecule is O=C(O)N(Cc1ccccc1)[C@H]1CCC[C@H](CO)C1. The minimum Gasteiger partial charge on any atom is -0.465 e. The number of carbonyl (C=O) groups is 1. The number of amides is 1. The molecular weight excluding hydrogens is 242 g/mol. The van der Waals surface area contributed by atoms with Crippen LogP contribution in [0.3, 0.4) is 0 Å². The van der Waals surface area contributed by atoms with Gasteiger partial charge in [-0.05, 0) is 30.7 Å². The molecule has 1 aliphatic rings. The second-order valence-corrected chi connectivity index (χ2v) is 5.27. The van der Waals surface area contributed by atoms with Crippen molar-refractivity contribution in [2.24, 2.45) is 5.92 Å². The van der Waals surface area contributed by atoms with Crippen molar-refractivity contribution in [3.63, 3.8) is 0 Å². The van der Waals surface area contributed by atoms with Crippen molar-refractivity contribution in [2.45, 2.75) is 38.3 Å². The van der Waals surface area contributed by atoms with E-state index in [0.717, 1.165) is 31.2 Å². The number of benzene rings is 1. The number of hydrogen-bond acceptors (Lipinski definition) is 2. The van der Waals surface area contributed by atoms with Gasteiger partial charge in [0.15, 0.2) is 0 Å². The lowest BCUT2D eigenvalue weighted by Crippen LogP contribution is -2.42. The van der Waals surface area contributed by atoms with Crippen molar-refractivity contribution in [1.82, 2.24) is 4.90 Å². The van der Waals surface area contributed by atoms with Gasteiger partial charge in [0.05, 0.1) is 0 Å². The molecule has 1 saturated carbocycles. The molecule has 19 heavy (non-hydrogen) atoms. The standard InChI is InChI=1S/C15H21NO3/c17-11-13-7-4-8-14(9-13)16(15(18)19)10-12-5-2-1-3-6-12/h1-3,5-6,13-14,17H,4,7-11H2,(H,18,19)/t13-,14-/m0/s1. The van der Waals surface area contributed by atoms with Crippen LogP contribution in [-0.2, 0) is 6.54 Å². The Hall–Kier alpha value is -1.55. The summed E-state index contributed by atoms with van der Waals surface area (Å²) in [6.07, 6.45) is 2.80. The van der Waals surface area contributed by atoms with Crippen LogP contribution in [0.25, 0.3) is 0 Å². The Morgan fingerprint density at radius 1 is 1.26 bits per heavy atom.